The lowest BCUT2D eigenvalue weighted by atomic mass is 10.1. The van der Waals surface area contributed by atoms with Gasteiger partial charge in [-0.25, -0.2) is 0 Å². The lowest BCUT2D eigenvalue weighted by Crippen LogP contribution is -2.04. The number of hydrogen-bond acceptors (Lipinski definition) is 6. The average molecular weight is 307 g/mol. The summed E-state index contributed by atoms with van der Waals surface area (Å²) in [5.41, 5.74) is 7.64. The van der Waals surface area contributed by atoms with Crippen molar-refractivity contribution >= 4 is 35.1 Å². The Labute approximate surface area is 124 Å². The highest BCUT2D eigenvalue weighted by atomic mass is 35.5. The van der Waals surface area contributed by atoms with Crippen molar-refractivity contribution in [1.82, 2.24) is 24.6 Å². The predicted molar refractivity (Wildman–Crippen MR) is 80.0 cm³/mol. The fourth-order valence-electron chi connectivity index (χ4n) is 1.90. The van der Waals surface area contributed by atoms with Gasteiger partial charge in [0.05, 0.1) is 5.02 Å². The van der Waals surface area contributed by atoms with E-state index in [-0.39, 0.29) is 5.95 Å². The number of rotatable bonds is 2. The number of hydrogen-bond donors (Lipinski definition) is 1. The van der Waals surface area contributed by atoms with E-state index in [1.54, 1.807) is 6.07 Å². The molecule has 0 fully saturated rings. The first-order valence-electron chi connectivity index (χ1n) is 5.80. The highest BCUT2D eigenvalue weighted by Crippen LogP contribution is 2.29. The molecule has 0 atom stereocenters. The van der Waals surface area contributed by atoms with E-state index < -0.39 is 0 Å². The summed E-state index contributed by atoms with van der Waals surface area (Å²) in [5.74, 6) is 1.16. The van der Waals surface area contributed by atoms with E-state index in [9.17, 15) is 0 Å². The summed E-state index contributed by atoms with van der Waals surface area (Å²) in [7, 11) is 0. The molecule has 6 nitrogen and oxygen atoms in total. The van der Waals surface area contributed by atoms with Crippen molar-refractivity contribution in [3.05, 3.63) is 28.8 Å². The molecule has 0 saturated carbocycles. The van der Waals surface area contributed by atoms with Crippen molar-refractivity contribution < 1.29 is 0 Å². The van der Waals surface area contributed by atoms with Gasteiger partial charge >= 0.3 is 0 Å². The smallest absolute Gasteiger partial charge is 0.258 e. The van der Waals surface area contributed by atoms with Gasteiger partial charge in [-0.05, 0) is 24.8 Å². The maximum absolute atomic E-state index is 6.23. The molecule has 1 aromatic carbocycles. The molecule has 0 saturated heterocycles. The van der Waals surface area contributed by atoms with Gasteiger partial charge in [0, 0.05) is 5.56 Å². The van der Waals surface area contributed by atoms with Gasteiger partial charge in [-0.1, -0.05) is 35.5 Å². The molecular weight excluding hydrogens is 296 g/mol. The maximum atomic E-state index is 6.23. The van der Waals surface area contributed by atoms with E-state index in [4.69, 9.17) is 17.3 Å². The zero-order chi connectivity index (χ0) is 14.3. The third-order valence-corrected chi connectivity index (χ3v) is 3.70. The number of thioether (sulfide) groups is 1. The van der Waals surface area contributed by atoms with Gasteiger partial charge in [-0.2, -0.15) is 19.5 Å². The average Bonchev–Trinajstić information content (AvgIpc) is 2.82. The van der Waals surface area contributed by atoms with Crippen molar-refractivity contribution in [2.45, 2.75) is 12.1 Å². The van der Waals surface area contributed by atoms with Crippen LogP contribution in [-0.2, 0) is 0 Å². The minimum Gasteiger partial charge on any atom is -0.368 e. The van der Waals surface area contributed by atoms with E-state index in [1.807, 2.05) is 25.3 Å². The van der Waals surface area contributed by atoms with E-state index in [1.165, 1.54) is 16.3 Å². The molecular formula is C12H11ClN6S. The number of halogens is 1. The van der Waals surface area contributed by atoms with Crippen LogP contribution in [0.25, 0.3) is 17.2 Å². The summed E-state index contributed by atoms with van der Waals surface area (Å²) in [6.07, 6.45) is 1.88. The highest BCUT2D eigenvalue weighted by molar-refractivity contribution is 7.98. The molecule has 0 unspecified atom stereocenters. The monoisotopic (exact) mass is 306 g/mol. The summed E-state index contributed by atoms with van der Waals surface area (Å²) in [4.78, 5) is 12.8. The van der Waals surface area contributed by atoms with Crippen LogP contribution < -0.4 is 5.73 Å². The zero-order valence-corrected chi connectivity index (χ0v) is 12.4. The van der Waals surface area contributed by atoms with Crippen molar-refractivity contribution in [3.8, 4) is 11.4 Å². The quantitative estimate of drug-likeness (QED) is 0.732. The number of nitrogen functional groups attached to an aromatic ring is 1. The van der Waals surface area contributed by atoms with Crippen molar-refractivity contribution in [3.63, 3.8) is 0 Å². The Morgan fingerprint density at radius 1 is 1.25 bits per heavy atom. The first-order valence-corrected chi connectivity index (χ1v) is 7.40. The lowest BCUT2D eigenvalue weighted by molar-refractivity contribution is 0.851. The molecule has 3 aromatic rings. The molecule has 2 aromatic heterocycles. The number of nitrogens with two attached hydrogens (primary N) is 1. The zero-order valence-electron chi connectivity index (χ0n) is 10.8. The summed E-state index contributed by atoms with van der Waals surface area (Å²) in [5, 5.41) is 5.50. The van der Waals surface area contributed by atoms with Crippen molar-refractivity contribution in [2.75, 3.05) is 12.0 Å². The lowest BCUT2D eigenvalue weighted by Gasteiger charge is -2.02. The Kier molecular flexibility index (Phi) is 3.23. The van der Waals surface area contributed by atoms with Gasteiger partial charge in [0.25, 0.3) is 5.78 Å². The van der Waals surface area contributed by atoms with Crippen LogP contribution in [0.3, 0.4) is 0 Å². The normalized spacial score (nSPS) is 11.2. The van der Waals surface area contributed by atoms with Crippen LogP contribution in [0.1, 0.15) is 5.56 Å². The molecule has 0 aliphatic heterocycles. The molecule has 20 heavy (non-hydrogen) atoms. The molecule has 0 bridgehead atoms. The predicted octanol–water partition coefficient (Wildman–Crippen LogP) is 2.45. The first kappa shape index (κ1) is 13.1. The van der Waals surface area contributed by atoms with Crippen LogP contribution in [0.2, 0.25) is 5.02 Å². The summed E-state index contributed by atoms with van der Waals surface area (Å²) in [6.45, 7) is 1.95. The topological polar surface area (TPSA) is 82.0 Å². The third-order valence-electron chi connectivity index (χ3n) is 2.84. The molecule has 102 valence electrons. The van der Waals surface area contributed by atoms with Gasteiger partial charge in [0.15, 0.2) is 11.0 Å². The molecule has 3 rings (SSSR count). The molecule has 8 heteroatoms. The van der Waals surface area contributed by atoms with Crippen LogP contribution in [0.4, 0.5) is 5.95 Å². The van der Waals surface area contributed by atoms with Gasteiger partial charge in [0.2, 0.25) is 5.95 Å². The summed E-state index contributed by atoms with van der Waals surface area (Å²) in [6, 6.07) is 5.64. The molecule has 2 heterocycles. The van der Waals surface area contributed by atoms with E-state index in [2.05, 4.69) is 20.1 Å². The second-order valence-electron chi connectivity index (χ2n) is 4.15. The summed E-state index contributed by atoms with van der Waals surface area (Å²) >= 11 is 7.63. The number of benzene rings is 1. The van der Waals surface area contributed by atoms with Crippen molar-refractivity contribution in [2.24, 2.45) is 0 Å². The maximum Gasteiger partial charge on any atom is 0.258 e. The highest BCUT2D eigenvalue weighted by Gasteiger charge is 2.15. The number of nitrogens with zero attached hydrogens (tertiary/aromatic N) is 5. The van der Waals surface area contributed by atoms with Gasteiger partial charge in [-0.3, -0.25) is 0 Å². The SMILES string of the molecule is CSc1nc(N)n2nc(-c3c(C)cccc3Cl)nc2n1. The van der Waals surface area contributed by atoms with E-state index in [0.29, 0.717) is 21.8 Å². The fraction of sp³-hybridized carbons (Fsp3) is 0.167. The Bertz CT molecular complexity index is 780. The van der Waals surface area contributed by atoms with Crippen LogP contribution in [0.15, 0.2) is 23.4 Å². The van der Waals surface area contributed by atoms with Crippen LogP contribution >= 0.6 is 23.4 Å². The Morgan fingerprint density at radius 2 is 2.05 bits per heavy atom. The standard InChI is InChI=1S/C12H11ClN6S/c1-6-4-3-5-7(13)8(6)9-15-11-17-12(20-2)16-10(14)19(11)18-9/h3-5H,1-2H3,(H2,14,15,16,17,18). The molecule has 0 aliphatic rings. The van der Waals surface area contributed by atoms with Crippen LogP contribution in [0, 0.1) is 6.92 Å². The number of aromatic nitrogens is 5. The van der Waals surface area contributed by atoms with Gasteiger partial charge < -0.3 is 5.73 Å². The molecule has 0 radical (unpaired) electrons. The first-order chi connectivity index (χ1) is 9.60. The molecule has 0 spiro atoms. The third kappa shape index (κ3) is 2.08. The minimum atomic E-state index is 0.253. The van der Waals surface area contributed by atoms with E-state index >= 15 is 0 Å². The Morgan fingerprint density at radius 3 is 2.75 bits per heavy atom. The van der Waals surface area contributed by atoms with Crippen LogP contribution in [0.5, 0.6) is 0 Å². The molecule has 0 aliphatic carbocycles. The second-order valence-corrected chi connectivity index (χ2v) is 5.33. The number of aryl methyl sites for hydroxylation is 1. The number of anilines is 1. The Balaban J connectivity index is 2.26. The van der Waals surface area contributed by atoms with Crippen LogP contribution in [-0.4, -0.2) is 30.8 Å². The fourth-order valence-corrected chi connectivity index (χ4v) is 2.56. The van der Waals surface area contributed by atoms with Crippen molar-refractivity contribution in [1.29, 1.82) is 0 Å². The van der Waals surface area contributed by atoms with E-state index in [0.717, 1.165) is 11.1 Å². The molecule has 0 amide bonds. The largest absolute Gasteiger partial charge is 0.368 e. The number of fused-ring (bicyclic) bond motifs is 1. The van der Waals surface area contributed by atoms with Gasteiger partial charge in [0.1, 0.15) is 0 Å². The second kappa shape index (κ2) is 4.92. The Hall–Kier alpha value is -1.86. The van der Waals surface area contributed by atoms with Gasteiger partial charge in [-0.15, -0.1) is 5.10 Å². The molecule has 2 N–H and O–H groups in total. The summed E-state index contributed by atoms with van der Waals surface area (Å²) < 4.78 is 1.41. The minimum absolute atomic E-state index is 0.253.